The van der Waals surface area contributed by atoms with Crippen LogP contribution in [0.5, 0.6) is 0 Å². The monoisotopic (exact) mass is 242 g/mol. The largest absolute Gasteiger partial charge is 0.479 e. The average molecular weight is 242 g/mol. The normalized spacial score (nSPS) is 32.7. The number of carboxylic acid groups (broad SMARTS) is 1. The highest BCUT2D eigenvalue weighted by Gasteiger charge is 2.49. The van der Waals surface area contributed by atoms with Crippen LogP contribution in [0, 0.1) is 17.3 Å². The molecule has 3 heteroatoms. The molecule has 0 amide bonds. The van der Waals surface area contributed by atoms with Crippen LogP contribution in [-0.4, -0.2) is 23.3 Å². The second kappa shape index (κ2) is 4.97. The maximum Gasteiger partial charge on any atom is 0.335 e. The van der Waals surface area contributed by atoms with Gasteiger partial charge in [0.25, 0.3) is 0 Å². The molecule has 2 atom stereocenters. The minimum atomic E-state index is -0.967. The Balaban J connectivity index is 2.86. The SMILES string of the molecule is CC(C)COC1(C(=O)O)CC(C)CC(C)(C)C1. The van der Waals surface area contributed by atoms with Gasteiger partial charge in [0.1, 0.15) is 0 Å². The fourth-order valence-electron chi connectivity index (χ4n) is 3.16. The van der Waals surface area contributed by atoms with Gasteiger partial charge in [0.05, 0.1) is 6.61 Å². The van der Waals surface area contributed by atoms with Crippen LogP contribution in [0.2, 0.25) is 0 Å². The van der Waals surface area contributed by atoms with Gasteiger partial charge in [-0.1, -0.05) is 34.6 Å². The van der Waals surface area contributed by atoms with Gasteiger partial charge in [-0.05, 0) is 36.5 Å². The Morgan fingerprint density at radius 1 is 1.41 bits per heavy atom. The molecular formula is C14H26O3. The van der Waals surface area contributed by atoms with Gasteiger partial charge in [-0.2, -0.15) is 0 Å². The number of hydrogen-bond donors (Lipinski definition) is 1. The third kappa shape index (κ3) is 3.70. The topological polar surface area (TPSA) is 46.5 Å². The van der Waals surface area contributed by atoms with Crippen molar-refractivity contribution in [3.05, 3.63) is 0 Å². The highest BCUT2D eigenvalue weighted by Crippen LogP contribution is 2.45. The van der Waals surface area contributed by atoms with Gasteiger partial charge in [-0.3, -0.25) is 0 Å². The summed E-state index contributed by atoms with van der Waals surface area (Å²) in [6.45, 7) is 11.0. The summed E-state index contributed by atoms with van der Waals surface area (Å²) in [5.41, 5.74) is -0.918. The standard InChI is InChI=1S/C14H26O3/c1-10(2)8-17-14(12(15)16)7-11(3)6-13(4,5)9-14/h10-11H,6-9H2,1-5H3,(H,15,16). The zero-order valence-electron chi connectivity index (χ0n) is 11.7. The molecule has 0 radical (unpaired) electrons. The maximum atomic E-state index is 11.6. The summed E-state index contributed by atoms with van der Waals surface area (Å²) < 4.78 is 5.80. The van der Waals surface area contributed by atoms with E-state index >= 15 is 0 Å². The molecule has 100 valence electrons. The van der Waals surface area contributed by atoms with Crippen LogP contribution in [0.4, 0.5) is 0 Å². The molecule has 1 aliphatic rings. The lowest BCUT2D eigenvalue weighted by Gasteiger charge is -2.45. The van der Waals surface area contributed by atoms with E-state index in [9.17, 15) is 9.90 Å². The summed E-state index contributed by atoms with van der Waals surface area (Å²) in [5, 5.41) is 9.53. The molecule has 0 aliphatic heterocycles. The van der Waals surface area contributed by atoms with E-state index in [1.165, 1.54) is 0 Å². The zero-order valence-corrected chi connectivity index (χ0v) is 11.7. The first-order valence-electron chi connectivity index (χ1n) is 6.54. The van der Waals surface area contributed by atoms with Gasteiger partial charge < -0.3 is 9.84 Å². The molecule has 0 aromatic rings. The lowest BCUT2D eigenvalue weighted by Crippen LogP contribution is -2.50. The van der Waals surface area contributed by atoms with Crippen LogP contribution >= 0.6 is 0 Å². The molecule has 1 saturated carbocycles. The maximum absolute atomic E-state index is 11.6. The van der Waals surface area contributed by atoms with Crippen molar-refractivity contribution in [2.45, 2.75) is 59.5 Å². The number of carboxylic acids is 1. The highest BCUT2D eigenvalue weighted by atomic mass is 16.5. The van der Waals surface area contributed by atoms with Crippen LogP contribution in [0.1, 0.15) is 53.9 Å². The molecule has 1 N–H and O–H groups in total. The highest BCUT2D eigenvalue weighted by molar-refractivity contribution is 5.77. The minimum Gasteiger partial charge on any atom is -0.479 e. The Morgan fingerprint density at radius 2 is 2.00 bits per heavy atom. The molecule has 0 aromatic heterocycles. The smallest absolute Gasteiger partial charge is 0.335 e. The summed E-state index contributed by atoms with van der Waals surface area (Å²) in [7, 11) is 0. The van der Waals surface area contributed by atoms with Crippen LogP contribution < -0.4 is 0 Å². The summed E-state index contributed by atoms with van der Waals surface area (Å²) >= 11 is 0. The van der Waals surface area contributed by atoms with Crippen LogP contribution in [-0.2, 0) is 9.53 Å². The lowest BCUT2D eigenvalue weighted by atomic mass is 9.65. The minimum absolute atomic E-state index is 0.0486. The average Bonchev–Trinajstić information content (AvgIpc) is 2.11. The lowest BCUT2D eigenvalue weighted by molar-refractivity contribution is -0.182. The Labute approximate surface area is 105 Å². The summed E-state index contributed by atoms with van der Waals surface area (Å²) in [5.74, 6) is -0.0219. The first-order valence-corrected chi connectivity index (χ1v) is 6.54. The Hall–Kier alpha value is -0.570. The molecule has 1 fully saturated rings. The van der Waals surface area contributed by atoms with Crippen molar-refractivity contribution < 1.29 is 14.6 Å². The fraction of sp³-hybridized carbons (Fsp3) is 0.929. The summed E-state index contributed by atoms with van der Waals surface area (Å²) in [6.07, 6.45) is 2.33. The molecule has 0 heterocycles. The van der Waals surface area contributed by atoms with E-state index in [0.717, 1.165) is 6.42 Å². The van der Waals surface area contributed by atoms with E-state index in [2.05, 4.69) is 20.8 Å². The van der Waals surface area contributed by atoms with Gasteiger partial charge >= 0.3 is 5.97 Å². The molecule has 1 rings (SSSR count). The molecule has 3 nitrogen and oxygen atoms in total. The second-order valence-corrected chi connectivity index (χ2v) is 6.86. The van der Waals surface area contributed by atoms with E-state index in [0.29, 0.717) is 31.3 Å². The fourth-order valence-corrected chi connectivity index (χ4v) is 3.16. The molecule has 0 saturated heterocycles. The third-order valence-corrected chi connectivity index (χ3v) is 3.43. The predicted octanol–water partition coefficient (Wildman–Crippen LogP) is 3.33. The van der Waals surface area contributed by atoms with Gasteiger partial charge in [-0.15, -0.1) is 0 Å². The van der Waals surface area contributed by atoms with E-state index in [4.69, 9.17) is 4.74 Å². The first-order chi connectivity index (χ1) is 7.67. The van der Waals surface area contributed by atoms with E-state index < -0.39 is 11.6 Å². The molecule has 17 heavy (non-hydrogen) atoms. The Kier molecular flexibility index (Phi) is 4.23. The number of rotatable bonds is 4. The van der Waals surface area contributed by atoms with Gasteiger partial charge in [0.15, 0.2) is 5.60 Å². The quantitative estimate of drug-likeness (QED) is 0.822. The van der Waals surface area contributed by atoms with Crippen molar-refractivity contribution in [3.63, 3.8) is 0 Å². The van der Waals surface area contributed by atoms with Gasteiger partial charge in [0.2, 0.25) is 0 Å². The zero-order chi connectivity index (χ0) is 13.3. The van der Waals surface area contributed by atoms with Gasteiger partial charge in [0, 0.05) is 0 Å². The van der Waals surface area contributed by atoms with Crippen molar-refractivity contribution in [2.75, 3.05) is 6.61 Å². The molecule has 0 spiro atoms. The third-order valence-electron chi connectivity index (χ3n) is 3.43. The number of aliphatic carboxylic acids is 1. The first kappa shape index (κ1) is 14.5. The van der Waals surface area contributed by atoms with Crippen molar-refractivity contribution >= 4 is 5.97 Å². The molecule has 0 aromatic carbocycles. The Bertz CT molecular complexity index is 283. The number of hydrogen-bond acceptors (Lipinski definition) is 2. The molecule has 2 unspecified atom stereocenters. The predicted molar refractivity (Wildman–Crippen MR) is 68.0 cm³/mol. The van der Waals surface area contributed by atoms with E-state index in [-0.39, 0.29) is 5.41 Å². The molecular weight excluding hydrogens is 216 g/mol. The van der Waals surface area contributed by atoms with Crippen LogP contribution in [0.15, 0.2) is 0 Å². The van der Waals surface area contributed by atoms with Crippen molar-refractivity contribution in [3.8, 4) is 0 Å². The number of ether oxygens (including phenoxy) is 1. The van der Waals surface area contributed by atoms with Crippen molar-refractivity contribution in [2.24, 2.45) is 17.3 Å². The molecule has 0 bridgehead atoms. The van der Waals surface area contributed by atoms with Crippen molar-refractivity contribution in [1.82, 2.24) is 0 Å². The van der Waals surface area contributed by atoms with E-state index in [1.54, 1.807) is 0 Å². The van der Waals surface area contributed by atoms with Gasteiger partial charge in [-0.25, -0.2) is 4.79 Å². The Morgan fingerprint density at radius 3 is 2.41 bits per heavy atom. The summed E-state index contributed by atoms with van der Waals surface area (Å²) in [4.78, 5) is 11.6. The second-order valence-electron chi connectivity index (χ2n) is 6.86. The van der Waals surface area contributed by atoms with Crippen molar-refractivity contribution in [1.29, 1.82) is 0 Å². The summed E-state index contributed by atoms with van der Waals surface area (Å²) in [6, 6.07) is 0. The van der Waals surface area contributed by atoms with Crippen LogP contribution in [0.25, 0.3) is 0 Å². The van der Waals surface area contributed by atoms with Crippen LogP contribution in [0.3, 0.4) is 0 Å². The molecule has 1 aliphatic carbocycles. The van der Waals surface area contributed by atoms with E-state index in [1.807, 2.05) is 13.8 Å². The number of carbonyl (C=O) groups is 1.